The summed E-state index contributed by atoms with van der Waals surface area (Å²) < 4.78 is 2.02. The molecule has 0 spiro atoms. The second-order valence-corrected chi connectivity index (χ2v) is 10.7. The van der Waals surface area contributed by atoms with Gasteiger partial charge in [0.25, 0.3) is 0 Å². The lowest BCUT2D eigenvalue weighted by Crippen LogP contribution is -2.60. The molecule has 4 aliphatic carbocycles. The number of thioether (sulfide) groups is 1. The van der Waals surface area contributed by atoms with Crippen molar-refractivity contribution in [3.8, 4) is 11.4 Å². The van der Waals surface area contributed by atoms with Crippen LogP contribution in [0.1, 0.15) is 45.4 Å². The molecule has 7 heteroatoms. The number of hydrogen-bond donors (Lipinski definition) is 1. The summed E-state index contributed by atoms with van der Waals surface area (Å²) >= 11 is 1.48. The summed E-state index contributed by atoms with van der Waals surface area (Å²) in [4.78, 5) is 17.2. The Balaban J connectivity index is 1.30. The van der Waals surface area contributed by atoms with E-state index >= 15 is 0 Å². The van der Waals surface area contributed by atoms with E-state index in [0.717, 1.165) is 34.3 Å². The van der Waals surface area contributed by atoms with E-state index in [9.17, 15) is 4.79 Å². The van der Waals surface area contributed by atoms with Gasteiger partial charge in [0, 0.05) is 30.0 Å². The monoisotopic (exact) mass is 423 g/mol. The lowest BCUT2D eigenvalue weighted by Gasteiger charge is -2.57. The zero-order chi connectivity index (χ0) is 20.7. The minimum atomic E-state index is -0.226. The smallest absolute Gasteiger partial charge is 0.233 e. The first-order valence-corrected chi connectivity index (χ1v) is 11.9. The average molecular weight is 424 g/mol. The maximum atomic E-state index is 13.2. The molecule has 0 aliphatic heterocycles. The molecule has 4 aliphatic rings. The second kappa shape index (κ2) is 7.84. The van der Waals surface area contributed by atoms with Gasteiger partial charge in [-0.05, 0) is 75.3 Å². The molecule has 0 radical (unpaired) electrons. The summed E-state index contributed by atoms with van der Waals surface area (Å²) in [6, 6.07) is 3.84. The third-order valence-electron chi connectivity index (χ3n) is 7.05. The van der Waals surface area contributed by atoms with Crippen molar-refractivity contribution in [1.29, 1.82) is 0 Å². The van der Waals surface area contributed by atoms with Crippen molar-refractivity contribution >= 4 is 17.7 Å². The first-order chi connectivity index (χ1) is 14.5. The molecule has 1 N–H and O–H groups in total. The van der Waals surface area contributed by atoms with Gasteiger partial charge in [0.2, 0.25) is 5.91 Å². The molecule has 0 unspecified atom stereocenters. The Morgan fingerprint density at radius 3 is 2.47 bits per heavy atom. The van der Waals surface area contributed by atoms with Crippen LogP contribution in [0.2, 0.25) is 0 Å². The standard InChI is InChI=1S/C23H29N5OS/c1-3-8-28-20(19-4-6-24-7-5-19)26-27-22(28)30-15(2)21(29)25-23-12-16-9-17(13-23)11-18(10-16)14-23/h3-7,15-18H,1,8-14H2,2H3,(H,25,29)/t15-,16?,17?,18?,23?/m0/s1. The molecule has 1 amide bonds. The quantitative estimate of drug-likeness (QED) is 0.536. The molecule has 2 aromatic rings. The second-order valence-electron chi connectivity index (χ2n) is 9.39. The highest BCUT2D eigenvalue weighted by atomic mass is 32.2. The zero-order valence-corrected chi connectivity index (χ0v) is 18.3. The number of carbonyl (C=O) groups excluding carboxylic acids is 1. The number of amides is 1. The summed E-state index contributed by atoms with van der Waals surface area (Å²) in [6.45, 7) is 6.44. The van der Waals surface area contributed by atoms with E-state index in [2.05, 4.69) is 27.1 Å². The van der Waals surface area contributed by atoms with Gasteiger partial charge in [0.05, 0.1) is 5.25 Å². The summed E-state index contributed by atoms with van der Waals surface area (Å²) in [6.07, 6.45) is 13.0. The van der Waals surface area contributed by atoms with E-state index in [1.807, 2.05) is 29.7 Å². The van der Waals surface area contributed by atoms with Crippen LogP contribution in [0.25, 0.3) is 11.4 Å². The lowest BCUT2D eigenvalue weighted by atomic mass is 9.53. The summed E-state index contributed by atoms with van der Waals surface area (Å²) in [7, 11) is 0. The molecule has 30 heavy (non-hydrogen) atoms. The Labute approximate surface area is 182 Å². The summed E-state index contributed by atoms with van der Waals surface area (Å²) in [5.41, 5.74) is 0.995. The minimum Gasteiger partial charge on any atom is -0.350 e. The number of nitrogens with one attached hydrogen (secondary N) is 1. The third kappa shape index (κ3) is 3.68. The summed E-state index contributed by atoms with van der Waals surface area (Å²) in [5, 5.41) is 12.8. The van der Waals surface area contributed by atoms with Crippen LogP contribution >= 0.6 is 11.8 Å². The van der Waals surface area contributed by atoms with Crippen molar-refractivity contribution in [1.82, 2.24) is 25.1 Å². The van der Waals surface area contributed by atoms with Crippen molar-refractivity contribution < 1.29 is 4.79 Å². The largest absolute Gasteiger partial charge is 0.350 e. The fourth-order valence-corrected chi connectivity index (χ4v) is 7.08. The molecule has 2 heterocycles. The van der Waals surface area contributed by atoms with Gasteiger partial charge in [-0.1, -0.05) is 17.8 Å². The SMILES string of the molecule is C=CCn1c(S[C@@H](C)C(=O)NC23CC4CC(CC(C4)C2)C3)nnc1-c1ccncc1. The van der Waals surface area contributed by atoms with Gasteiger partial charge in [0.1, 0.15) is 0 Å². The van der Waals surface area contributed by atoms with Gasteiger partial charge >= 0.3 is 0 Å². The molecule has 4 fully saturated rings. The van der Waals surface area contributed by atoms with E-state index in [4.69, 9.17) is 0 Å². The van der Waals surface area contributed by atoms with Gasteiger partial charge < -0.3 is 5.32 Å². The molecule has 0 aromatic carbocycles. The van der Waals surface area contributed by atoms with Crippen LogP contribution in [-0.2, 0) is 11.3 Å². The van der Waals surface area contributed by atoms with Gasteiger partial charge in [-0.2, -0.15) is 0 Å². The van der Waals surface area contributed by atoms with E-state index in [-0.39, 0.29) is 16.7 Å². The number of aromatic nitrogens is 4. The highest BCUT2D eigenvalue weighted by Crippen LogP contribution is 2.55. The van der Waals surface area contributed by atoms with Gasteiger partial charge in [-0.25, -0.2) is 0 Å². The van der Waals surface area contributed by atoms with Gasteiger partial charge in [-0.15, -0.1) is 16.8 Å². The van der Waals surface area contributed by atoms with E-state index in [1.165, 1.54) is 50.3 Å². The molecular weight excluding hydrogens is 394 g/mol. The Bertz CT molecular complexity index is 905. The molecule has 4 saturated carbocycles. The average Bonchev–Trinajstić information content (AvgIpc) is 3.10. The Kier molecular flexibility index (Phi) is 5.17. The van der Waals surface area contributed by atoms with Crippen molar-refractivity contribution in [3.63, 3.8) is 0 Å². The number of rotatable bonds is 7. The lowest BCUT2D eigenvalue weighted by molar-refractivity contribution is -0.126. The van der Waals surface area contributed by atoms with Gasteiger partial charge in [0.15, 0.2) is 11.0 Å². The molecule has 1 atom stereocenters. The van der Waals surface area contributed by atoms with Crippen molar-refractivity contribution in [2.45, 2.75) is 67.9 Å². The van der Waals surface area contributed by atoms with Crippen LogP contribution < -0.4 is 5.32 Å². The number of pyridine rings is 1. The Hall–Kier alpha value is -2.15. The molecule has 6 nitrogen and oxygen atoms in total. The normalized spacial score (nSPS) is 30.2. The predicted molar refractivity (Wildman–Crippen MR) is 118 cm³/mol. The molecule has 4 bridgehead atoms. The van der Waals surface area contributed by atoms with Crippen LogP contribution in [0.15, 0.2) is 42.3 Å². The van der Waals surface area contributed by atoms with E-state index in [0.29, 0.717) is 6.54 Å². The van der Waals surface area contributed by atoms with Crippen LogP contribution in [0.5, 0.6) is 0 Å². The first-order valence-electron chi connectivity index (χ1n) is 11.0. The predicted octanol–water partition coefficient (Wildman–Crippen LogP) is 4.09. The molecule has 6 rings (SSSR count). The fraction of sp³-hybridized carbons (Fsp3) is 0.565. The van der Waals surface area contributed by atoms with Crippen LogP contribution in [0.3, 0.4) is 0 Å². The number of hydrogen-bond acceptors (Lipinski definition) is 5. The number of allylic oxidation sites excluding steroid dienone is 1. The Morgan fingerprint density at radius 1 is 1.23 bits per heavy atom. The number of carbonyl (C=O) groups is 1. The minimum absolute atomic E-state index is 0.0393. The van der Waals surface area contributed by atoms with Crippen molar-refractivity contribution in [3.05, 3.63) is 37.2 Å². The maximum absolute atomic E-state index is 13.2. The van der Waals surface area contributed by atoms with E-state index < -0.39 is 0 Å². The van der Waals surface area contributed by atoms with Crippen molar-refractivity contribution in [2.75, 3.05) is 0 Å². The van der Waals surface area contributed by atoms with Crippen LogP contribution in [0.4, 0.5) is 0 Å². The number of nitrogens with zero attached hydrogens (tertiary/aromatic N) is 4. The van der Waals surface area contributed by atoms with Crippen molar-refractivity contribution in [2.24, 2.45) is 17.8 Å². The summed E-state index contributed by atoms with van der Waals surface area (Å²) in [5.74, 6) is 3.35. The highest BCUT2D eigenvalue weighted by molar-refractivity contribution is 8.00. The Morgan fingerprint density at radius 2 is 1.87 bits per heavy atom. The van der Waals surface area contributed by atoms with Gasteiger partial charge in [-0.3, -0.25) is 14.3 Å². The van der Waals surface area contributed by atoms with E-state index in [1.54, 1.807) is 12.4 Å². The van der Waals surface area contributed by atoms with Crippen LogP contribution in [-0.4, -0.2) is 36.4 Å². The van der Waals surface area contributed by atoms with Crippen LogP contribution in [0, 0.1) is 17.8 Å². The maximum Gasteiger partial charge on any atom is 0.233 e. The molecule has 2 aromatic heterocycles. The zero-order valence-electron chi connectivity index (χ0n) is 17.5. The highest BCUT2D eigenvalue weighted by Gasteiger charge is 2.51. The molecular formula is C23H29N5OS. The fourth-order valence-electron chi connectivity index (χ4n) is 6.22. The molecule has 0 saturated heterocycles. The molecule has 158 valence electrons. The third-order valence-corrected chi connectivity index (χ3v) is 8.13. The topological polar surface area (TPSA) is 72.7 Å². The first kappa shape index (κ1) is 19.8.